The molecule has 1 aliphatic rings. The number of rotatable bonds is 4. The van der Waals surface area contributed by atoms with Crippen molar-refractivity contribution >= 4 is 11.7 Å². The first-order valence-electron chi connectivity index (χ1n) is 7.23. The zero-order chi connectivity index (χ0) is 14.7. The van der Waals surface area contributed by atoms with Crippen LogP contribution < -0.4 is 4.90 Å². The number of esters is 1. The number of benzene rings is 1. The van der Waals surface area contributed by atoms with Crippen LogP contribution in [0.4, 0.5) is 5.69 Å². The molecule has 0 atom stereocenters. The molecule has 0 radical (unpaired) electrons. The van der Waals surface area contributed by atoms with E-state index < -0.39 is 5.97 Å². The second-order valence-electron chi connectivity index (χ2n) is 4.98. The number of nitrogens with zero attached hydrogens (tertiary/aromatic N) is 3. The third-order valence-electron chi connectivity index (χ3n) is 3.63. The summed E-state index contributed by atoms with van der Waals surface area (Å²) < 4.78 is 4.98. The van der Waals surface area contributed by atoms with Crippen LogP contribution in [0.5, 0.6) is 0 Å². The molecule has 1 aliphatic heterocycles. The van der Waals surface area contributed by atoms with Crippen molar-refractivity contribution in [3.8, 4) is 11.3 Å². The second kappa shape index (κ2) is 5.95. The fourth-order valence-corrected chi connectivity index (χ4v) is 2.58. The summed E-state index contributed by atoms with van der Waals surface area (Å²) in [5.74, 6) is -0.454. The van der Waals surface area contributed by atoms with E-state index >= 15 is 0 Å². The average molecular weight is 286 g/mol. The van der Waals surface area contributed by atoms with Crippen LogP contribution in [0.15, 0.2) is 24.3 Å². The number of aromatic amines is 1. The van der Waals surface area contributed by atoms with Crippen LogP contribution >= 0.6 is 0 Å². The van der Waals surface area contributed by atoms with E-state index in [-0.39, 0.29) is 5.69 Å². The highest BCUT2D eigenvalue weighted by atomic mass is 16.5. The first kappa shape index (κ1) is 13.6. The Morgan fingerprint density at radius 3 is 2.62 bits per heavy atom. The molecule has 0 amide bonds. The number of carbonyl (C=O) groups excluding carboxylic acids is 1. The van der Waals surface area contributed by atoms with Gasteiger partial charge in [-0.05, 0) is 31.9 Å². The van der Waals surface area contributed by atoms with Gasteiger partial charge in [-0.1, -0.05) is 12.1 Å². The SMILES string of the molecule is CCOC(=O)c1n[nH]nc1-c1ccc(N2CCCC2)cc1. The van der Waals surface area contributed by atoms with Crippen LogP contribution in [0.25, 0.3) is 11.3 Å². The Labute approximate surface area is 123 Å². The molecule has 6 nitrogen and oxygen atoms in total. The van der Waals surface area contributed by atoms with Gasteiger partial charge in [0.2, 0.25) is 0 Å². The van der Waals surface area contributed by atoms with E-state index in [1.165, 1.54) is 18.5 Å². The number of nitrogens with one attached hydrogen (secondary N) is 1. The van der Waals surface area contributed by atoms with Gasteiger partial charge >= 0.3 is 5.97 Å². The highest BCUT2D eigenvalue weighted by Gasteiger charge is 2.19. The van der Waals surface area contributed by atoms with Crippen molar-refractivity contribution in [3.63, 3.8) is 0 Å². The zero-order valence-electron chi connectivity index (χ0n) is 12.0. The van der Waals surface area contributed by atoms with Gasteiger partial charge in [0.1, 0.15) is 5.69 Å². The molecule has 0 saturated carbocycles. The molecule has 1 N–H and O–H groups in total. The lowest BCUT2D eigenvalue weighted by atomic mass is 10.1. The van der Waals surface area contributed by atoms with E-state index in [0.29, 0.717) is 12.3 Å². The van der Waals surface area contributed by atoms with E-state index in [1.807, 2.05) is 12.1 Å². The largest absolute Gasteiger partial charge is 0.461 e. The number of anilines is 1. The third kappa shape index (κ3) is 2.74. The van der Waals surface area contributed by atoms with Crippen LogP contribution in [-0.4, -0.2) is 41.1 Å². The average Bonchev–Trinajstić information content (AvgIpc) is 3.19. The minimum Gasteiger partial charge on any atom is -0.461 e. The van der Waals surface area contributed by atoms with Crippen molar-refractivity contribution in [2.45, 2.75) is 19.8 Å². The Kier molecular flexibility index (Phi) is 3.85. The molecule has 1 aromatic heterocycles. The maximum atomic E-state index is 11.8. The summed E-state index contributed by atoms with van der Waals surface area (Å²) >= 11 is 0. The molecular weight excluding hydrogens is 268 g/mol. The van der Waals surface area contributed by atoms with Gasteiger partial charge in [0.05, 0.1) is 6.61 Å². The van der Waals surface area contributed by atoms with Crippen molar-refractivity contribution in [2.75, 3.05) is 24.6 Å². The Balaban J connectivity index is 1.84. The molecule has 110 valence electrons. The number of ether oxygens (including phenoxy) is 1. The minimum atomic E-state index is -0.454. The zero-order valence-corrected chi connectivity index (χ0v) is 12.0. The van der Waals surface area contributed by atoms with Gasteiger partial charge < -0.3 is 9.64 Å². The lowest BCUT2D eigenvalue weighted by Crippen LogP contribution is -2.17. The third-order valence-corrected chi connectivity index (χ3v) is 3.63. The monoisotopic (exact) mass is 286 g/mol. The van der Waals surface area contributed by atoms with Gasteiger partial charge in [-0.15, -0.1) is 5.10 Å². The second-order valence-corrected chi connectivity index (χ2v) is 4.98. The van der Waals surface area contributed by atoms with E-state index in [0.717, 1.165) is 18.7 Å². The lowest BCUT2D eigenvalue weighted by Gasteiger charge is -2.17. The molecule has 1 aromatic carbocycles. The number of hydrogen-bond acceptors (Lipinski definition) is 5. The van der Waals surface area contributed by atoms with Gasteiger partial charge in [-0.3, -0.25) is 0 Å². The Morgan fingerprint density at radius 2 is 1.95 bits per heavy atom. The van der Waals surface area contributed by atoms with Gasteiger partial charge in [0.25, 0.3) is 0 Å². The molecule has 0 spiro atoms. The van der Waals surface area contributed by atoms with Crippen LogP contribution in [0.2, 0.25) is 0 Å². The van der Waals surface area contributed by atoms with E-state index in [1.54, 1.807) is 6.92 Å². The maximum absolute atomic E-state index is 11.8. The van der Waals surface area contributed by atoms with E-state index in [9.17, 15) is 4.79 Å². The molecule has 6 heteroatoms. The summed E-state index contributed by atoms with van der Waals surface area (Å²) in [5.41, 5.74) is 2.82. The van der Waals surface area contributed by atoms with E-state index in [4.69, 9.17) is 4.74 Å². The minimum absolute atomic E-state index is 0.228. The summed E-state index contributed by atoms with van der Waals surface area (Å²) in [4.78, 5) is 14.2. The van der Waals surface area contributed by atoms with Crippen molar-refractivity contribution in [3.05, 3.63) is 30.0 Å². The molecular formula is C15H18N4O2. The van der Waals surface area contributed by atoms with Crippen LogP contribution in [0, 0.1) is 0 Å². The number of aromatic nitrogens is 3. The number of hydrogen-bond donors (Lipinski definition) is 1. The van der Waals surface area contributed by atoms with Gasteiger partial charge in [0.15, 0.2) is 5.69 Å². The molecule has 2 heterocycles. The van der Waals surface area contributed by atoms with Crippen molar-refractivity contribution in [2.24, 2.45) is 0 Å². The molecule has 2 aromatic rings. The molecule has 0 bridgehead atoms. The van der Waals surface area contributed by atoms with Crippen LogP contribution in [0.3, 0.4) is 0 Å². The predicted octanol–water partition coefficient (Wildman–Crippen LogP) is 2.25. The maximum Gasteiger partial charge on any atom is 0.361 e. The van der Waals surface area contributed by atoms with E-state index in [2.05, 4.69) is 32.4 Å². The van der Waals surface area contributed by atoms with Crippen molar-refractivity contribution in [1.29, 1.82) is 0 Å². The molecule has 0 aliphatic carbocycles. The molecule has 0 unspecified atom stereocenters. The molecule has 1 fully saturated rings. The Hall–Kier alpha value is -2.37. The summed E-state index contributed by atoms with van der Waals surface area (Å²) in [6.45, 7) is 4.30. The van der Waals surface area contributed by atoms with Crippen molar-refractivity contribution < 1.29 is 9.53 Å². The fraction of sp³-hybridized carbons (Fsp3) is 0.400. The first-order valence-corrected chi connectivity index (χ1v) is 7.23. The number of H-pyrrole nitrogens is 1. The molecule has 3 rings (SSSR count). The molecule has 1 saturated heterocycles. The molecule has 21 heavy (non-hydrogen) atoms. The number of carbonyl (C=O) groups is 1. The summed E-state index contributed by atoms with van der Waals surface area (Å²) in [6.07, 6.45) is 2.50. The Bertz CT molecular complexity index is 615. The highest BCUT2D eigenvalue weighted by molar-refractivity contribution is 5.93. The standard InChI is InChI=1S/C15H18N4O2/c1-2-21-15(20)14-13(16-18-17-14)11-5-7-12(8-6-11)19-9-3-4-10-19/h5-8H,2-4,9-10H2,1H3,(H,16,17,18). The smallest absolute Gasteiger partial charge is 0.361 e. The van der Waals surface area contributed by atoms with Gasteiger partial charge in [0, 0.05) is 24.3 Å². The fourth-order valence-electron chi connectivity index (χ4n) is 2.58. The quantitative estimate of drug-likeness (QED) is 0.873. The van der Waals surface area contributed by atoms with Crippen LogP contribution in [0.1, 0.15) is 30.3 Å². The topological polar surface area (TPSA) is 71.1 Å². The highest BCUT2D eigenvalue weighted by Crippen LogP contribution is 2.25. The lowest BCUT2D eigenvalue weighted by molar-refractivity contribution is 0.0520. The van der Waals surface area contributed by atoms with Gasteiger partial charge in [-0.2, -0.15) is 10.3 Å². The van der Waals surface area contributed by atoms with Crippen LogP contribution in [-0.2, 0) is 4.74 Å². The summed E-state index contributed by atoms with van der Waals surface area (Å²) in [7, 11) is 0. The first-order chi connectivity index (χ1) is 10.3. The summed E-state index contributed by atoms with van der Waals surface area (Å²) in [6, 6.07) is 8.05. The van der Waals surface area contributed by atoms with Gasteiger partial charge in [-0.25, -0.2) is 4.79 Å². The Morgan fingerprint density at radius 1 is 1.24 bits per heavy atom. The summed E-state index contributed by atoms with van der Waals surface area (Å²) in [5, 5.41) is 10.5. The predicted molar refractivity (Wildman–Crippen MR) is 79.2 cm³/mol. The normalized spacial score (nSPS) is 14.4. The van der Waals surface area contributed by atoms with Crippen molar-refractivity contribution in [1.82, 2.24) is 15.4 Å².